The molecule has 0 spiro atoms. The smallest absolute Gasteiger partial charge is 0.184 e. The van der Waals surface area contributed by atoms with Crippen molar-refractivity contribution in [2.75, 3.05) is 6.61 Å². The van der Waals surface area contributed by atoms with Crippen LogP contribution in [-0.2, 0) is 14.2 Å². The number of hydrogen-bond acceptors (Lipinski definition) is 9. The quantitative estimate of drug-likeness (QED) is 0.211. The third-order valence-corrected chi connectivity index (χ3v) is 9.55. The standard InChI is InChI=1S/C32H28ClN7O3S/c1-18-12-21(8-10-23(18)33)25-15-39(38-37-25)26-14-27(42-28-16-41-32(43-30(26)28)20-6-4-3-5-7-20)31-34-17-35-40(31)22-9-11-24-29(13-22)44-19(2)36-24/h3-13,15,17,26-28,30,32H,14,16H2,1-2H3. The molecule has 3 aromatic carbocycles. The van der Waals surface area contributed by atoms with Gasteiger partial charge in [-0.2, -0.15) is 5.10 Å². The lowest BCUT2D eigenvalue weighted by Crippen LogP contribution is -2.51. The van der Waals surface area contributed by atoms with Crippen LogP contribution in [0.25, 0.3) is 27.2 Å². The number of benzene rings is 3. The van der Waals surface area contributed by atoms with Crippen molar-refractivity contribution in [1.29, 1.82) is 0 Å². The molecule has 5 atom stereocenters. The van der Waals surface area contributed by atoms with Crippen molar-refractivity contribution in [2.24, 2.45) is 0 Å². The van der Waals surface area contributed by atoms with E-state index in [4.69, 9.17) is 25.8 Å². The second-order valence-electron chi connectivity index (χ2n) is 11.1. The first-order valence-corrected chi connectivity index (χ1v) is 15.6. The number of rotatable bonds is 5. The van der Waals surface area contributed by atoms with E-state index < -0.39 is 12.4 Å². The fourth-order valence-electron chi connectivity index (χ4n) is 6.04. The Morgan fingerprint density at radius 2 is 1.89 bits per heavy atom. The van der Waals surface area contributed by atoms with Gasteiger partial charge < -0.3 is 14.2 Å². The molecule has 0 radical (unpaired) electrons. The van der Waals surface area contributed by atoms with Crippen molar-refractivity contribution in [3.63, 3.8) is 0 Å². The molecule has 2 aliphatic heterocycles. The lowest BCUT2D eigenvalue weighted by Gasteiger charge is -2.45. The number of thiazole rings is 1. The molecule has 12 heteroatoms. The summed E-state index contributed by atoms with van der Waals surface area (Å²) >= 11 is 7.94. The maximum Gasteiger partial charge on any atom is 0.184 e. The predicted octanol–water partition coefficient (Wildman–Crippen LogP) is 6.59. The highest BCUT2D eigenvalue weighted by atomic mass is 35.5. The SMILES string of the molecule is Cc1nc2ccc(-n3ncnc3C3CC(n4cc(-c5ccc(Cl)c(C)c5)nn4)C4OC(c5ccccc5)OCC4O3)cc2s1. The number of halogens is 1. The Labute approximate surface area is 262 Å². The summed E-state index contributed by atoms with van der Waals surface area (Å²) in [5.41, 5.74) is 5.51. The minimum atomic E-state index is -0.514. The molecule has 2 saturated heterocycles. The number of aromatic nitrogens is 7. The molecular formula is C32H28ClN7O3S. The first-order valence-electron chi connectivity index (χ1n) is 14.4. The summed E-state index contributed by atoms with van der Waals surface area (Å²) in [6.07, 6.45) is 2.48. The molecule has 0 aliphatic carbocycles. The maximum absolute atomic E-state index is 6.69. The van der Waals surface area contributed by atoms with Crippen LogP contribution in [0.15, 0.2) is 79.3 Å². The van der Waals surface area contributed by atoms with Gasteiger partial charge in [0.05, 0.1) is 39.8 Å². The van der Waals surface area contributed by atoms with E-state index in [9.17, 15) is 0 Å². The zero-order valence-corrected chi connectivity index (χ0v) is 25.5. The second-order valence-corrected chi connectivity index (χ2v) is 12.7. The molecule has 44 heavy (non-hydrogen) atoms. The Hall–Kier alpha value is -4.00. The molecule has 0 saturated carbocycles. The van der Waals surface area contributed by atoms with Crippen molar-refractivity contribution < 1.29 is 14.2 Å². The summed E-state index contributed by atoms with van der Waals surface area (Å²) in [6, 6.07) is 21.7. The molecular weight excluding hydrogens is 598 g/mol. The van der Waals surface area contributed by atoms with Gasteiger partial charge in [-0.15, -0.1) is 16.4 Å². The number of aryl methyl sites for hydroxylation is 2. The zero-order chi connectivity index (χ0) is 29.8. The Morgan fingerprint density at radius 3 is 2.75 bits per heavy atom. The monoisotopic (exact) mass is 625 g/mol. The normalized spacial score (nSPS) is 23.6. The number of nitrogens with zero attached hydrogens (tertiary/aromatic N) is 7. The molecule has 2 fully saturated rings. The highest BCUT2D eigenvalue weighted by Crippen LogP contribution is 2.43. The third kappa shape index (κ3) is 5.00. The maximum atomic E-state index is 6.69. The van der Waals surface area contributed by atoms with Crippen molar-refractivity contribution in [2.45, 2.75) is 50.9 Å². The Kier molecular flexibility index (Phi) is 6.99. The Balaban J connectivity index is 1.15. The fourth-order valence-corrected chi connectivity index (χ4v) is 7.01. The predicted molar refractivity (Wildman–Crippen MR) is 166 cm³/mol. The van der Waals surface area contributed by atoms with Gasteiger partial charge in [0.15, 0.2) is 12.1 Å². The second kappa shape index (κ2) is 11.2. The first kappa shape index (κ1) is 27.5. The molecule has 3 aromatic heterocycles. The largest absolute Gasteiger partial charge is 0.362 e. The van der Waals surface area contributed by atoms with E-state index in [-0.39, 0.29) is 18.2 Å². The van der Waals surface area contributed by atoms with Crippen LogP contribution >= 0.6 is 22.9 Å². The molecule has 8 rings (SSSR count). The summed E-state index contributed by atoms with van der Waals surface area (Å²) in [7, 11) is 0. The minimum absolute atomic E-state index is 0.208. The van der Waals surface area contributed by atoms with Crippen molar-refractivity contribution in [3.8, 4) is 16.9 Å². The van der Waals surface area contributed by atoms with Crippen LogP contribution in [0.3, 0.4) is 0 Å². The molecule has 0 bridgehead atoms. The van der Waals surface area contributed by atoms with Gasteiger partial charge in [0.1, 0.15) is 30.3 Å². The molecule has 10 nitrogen and oxygen atoms in total. The molecule has 5 heterocycles. The molecule has 0 amide bonds. The van der Waals surface area contributed by atoms with Crippen LogP contribution in [0.1, 0.15) is 46.8 Å². The van der Waals surface area contributed by atoms with Crippen LogP contribution in [0.4, 0.5) is 0 Å². The van der Waals surface area contributed by atoms with Crippen LogP contribution < -0.4 is 0 Å². The molecule has 6 aromatic rings. The van der Waals surface area contributed by atoms with Gasteiger partial charge in [0.2, 0.25) is 0 Å². The summed E-state index contributed by atoms with van der Waals surface area (Å²) in [5.74, 6) is 0.702. The minimum Gasteiger partial charge on any atom is -0.362 e. The number of hydrogen-bond donors (Lipinski definition) is 0. The van der Waals surface area contributed by atoms with Crippen LogP contribution in [0.2, 0.25) is 5.02 Å². The van der Waals surface area contributed by atoms with Gasteiger partial charge in [0.25, 0.3) is 0 Å². The van der Waals surface area contributed by atoms with Crippen LogP contribution in [-0.4, -0.2) is 53.6 Å². The van der Waals surface area contributed by atoms with E-state index >= 15 is 0 Å². The Bertz CT molecular complexity index is 1960. The summed E-state index contributed by atoms with van der Waals surface area (Å²) in [5, 5.41) is 15.5. The summed E-state index contributed by atoms with van der Waals surface area (Å²) < 4.78 is 24.3. The van der Waals surface area contributed by atoms with E-state index in [0.29, 0.717) is 23.9 Å². The van der Waals surface area contributed by atoms with Crippen LogP contribution in [0.5, 0.6) is 0 Å². The fraction of sp³-hybridized carbons (Fsp3) is 0.281. The lowest BCUT2D eigenvalue weighted by atomic mass is 9.93. The van der Waals surface area contributed by atoms with Gasteiger partial charge in [-0.1, -0.05) is 53.2 Å². The van der Waals surface area contributed by atoms with E-state index in [1.54, 1.807) is 17.7 Å². The van der Waals surface area contributed by atoms with Crippen molar-refractivity contribution >= 4 is 33.2 Å². The average Bonchev–Trinajstić information content (AvgIpc) is 3.81. The topological polar surface area (TPSA) is 102 Å². The van der Waals surface area contributed by atoms with E-state index in [1.807, 2.05) is 90.1 Å². The average molecular weight is 626 g/mol. The summed E-state index contributed by atoms with van der Waals surface area (Å²) in [6.45, 7) is 4.35. The van der Waals surface area contributed by atoms with E-state index in [2.05, 4.69) is 31.4 Å². The molecule has 5 unspecified atom stereocenters. The zero-order valence-electron chi connectivity index (χ0n) is 23.9. The molecule has 2 aliphatic rings. The molecule has 222 valence electrons. The Morgan fingerprint density at radius 1 is 1.00 bits per heavy atom. The van der Waals surface area contributed by atoms with Gasteiger partial charge >= 0.3 is 0 Å². The van der Waals surface area contributed by atoms with Gasteiger partial charge in [-0.05, 0) is 49.7 Å². The van der Waals surface area contributed by atoms with Crippen molar-refractivity contribution in [3.05, 3.63) is 106 Å². The lowest BCUT2D eigenvalue weighted by molar-refractivity contribution is -0.302. The number of ether oxygens (including phenoxy) is 3. The third-order valence-electron chi connectivity index (χ3n) is 8.19. The number of fused-ring (bicyclic) bond motifs is 2. The van der Waals surface area contributed by atoms with E-state index in [1.165, 1.54) is 0 Å². The summed E-state index contributed by atoms with van der Waals surface area (Å²) in [4.78, 5) is 9.27. The highest BCUT2D eigenvalue weighted by Gasteiger charge is 2.47. The molecule has 0 N–H and O–H groups in total. The van der Waals surface area contributed by atoms with Gasteiger partial charge in [-0.25, -0.2) is 19.3 Å². The first-order chi connectivity index (χ1) is 21.5. The van der Waals surface area contributed by atoms with Crippen molar-refractivity contribution in [1.82, 2.24) is 34.7 Å². The highest BCUT2D eigenvalue weighted by molar-refractivity contribution is 7.18. The van der Waals surface area contributed by atoms with E-state index in [0.717, 1.165) is 43.3 Å². The van der Waals surface area contributed by atoms with Crippen LogP contribution in [0, 0.1) is 13.8 Å². The van der Waals surface area contributed by atoms with Gasteiger partial charge in [0, 0.05) is 22.6 Å². The van der Waals surface area contributed by atoms with Gasteiger partial charge in [-0.3, -0.25) is 0 Å².